The highest BCUT2D eigenvalue weighted by atomic mass is 32.2. The van der Waals surface area contributed by atoms with E-state index in [-0.39, 0.29) is 17.9 Å². The minimum atomic E-state index is -2.92. The topological polar surface area (TPSA) is 90.3 Å². The zero-order chi connectivity index (χ0) is 10.6. The van der Waals surface area contributed by atoms with Crippen molar-refractivity contribution >= 4 is 15.7 Å². The standard InChI is InChI=1S/C7H11N3O3S/c8-2-1-7(11)9-10-3-5-14(12,13)6-4-10/h1,3-6H2,(H,9,11). The molecule has 1 aliphatic rings. The lowest BCUT2D eigenvalue weighted by Crippen LogP contribution is -2.50. The molecule has 1 fully saturated rings. The third-order valence-corrected chi connectivity index (χ3v) is 3.48. The molecule has 1 saturated heterocycles. The van der Waals surface area contributed by atoms with Gasteiger partial charge < -0.3 is 0 Å². The van der Waals surface area contributed by atoms with Gasteiger partial charge in [0, 0.05) is 13.1 Å². The van der Waals surface area contributed by atoms with Crippen molar-refractivity contribution in [2.45, 2.75) is 6.42 Å². The van der Waals surface area contributed by atoms with Crippen LogP contribution in [-0.4, -0.2) is 43.9 Å². The molecule has 78 valence electrons. The number of amides is 1. The first-order valence-electron chi connectivity index (χ1n) is 4.15. The van der Waals surface area contributed by atoms with Gasteiger partial charge in [-0.1, -0.05) is 0 Å². The van der Waals surface area contributed by atoms with E-state index in [1.54, 1.807) is 6.07 Å². The molecule has 0 aliphatic carbocycles. The van der Waals surface area contributed by atoms with E-state index >= 15 is 0 Å². The molecule has 0 aromatic rings. The van der Waals surface area contributed by atoms with Crippen LogP contribution in [-0.2, 0) is 14.6 Å². The first-order valence-corrected chi connectivity index (χ1v) is 5.97. The van der Waals surface area contributed by atoms with Gasteiger partial charge in [-0.15, -0.1) is 0 Å². The number of nitrogens with zero attached hydrogens (tertiary/aromatic N) is 2. The Balaban J connectivity index is 2.37. The first-order chi connectivity index (χ1) is 6.53. The molecule has 0 atom stereocenters. The lowest BCUT2D eigenvalue weighted by molar-refractivity contribution is -0.124. The van der Waals surface area contributed by atoms with Crippen LogP contribution < -0.4 is 5.43 Å². The van der Waals surface area contributed by atoms with Gasteiger partial charge in [0.15, 0.2) is 9.84 Å². The van der Waals surface area contributed by atoms with Crippen LogP contribution in [0.2, 0.25) is 0 Å². The summed E-state index contributed by atoms with van der Waals surface area (Å²) in [5, 5.41) is 9.75. The summed E-state index contributed by atoms with van der Waals surface area (Å²) in [7, 11) is -2.92. The normalized spacial score (nSPS) is 21.1. The molecule has 1 rings (SSSR count). The molecular weight excluding hydrogens is 206 g/mol. The minimum absolute atomic E-state index is 0.0554. The second-order valence-electron chi connectivity index (χ2n) is 3.01. The van der Waals surface area contributed by atoms with Gasteiger partial charge in [-0.25, -0.2) is 13.4 Å². The monoisotopic (exact) mass is 217 g/mol. The van der Waals surface area contributed by atoms with Crippen molar-refractivity contribution in [2.75, 3.05) is 24.6 Å². The molecule has 0 saturated carbocycles. The molecule has 0 bridgehead atoms. The fourth-order valence-electron chi connectivity index (χ4n) is 1.11. The Hall–Kier alpha value is -1.13. The maximum atomic E-state index is 11.0. The van der Waals surface area contributed by atoms with Crippen LogP contribution in [0.15, 0.2) is 0 Å². The first kappa shape index (κ1) is 10.9. The van der Waals surface area contributed by atoms with Gasteiger partial charge >= 0.3 is 0 Å². The average molecular weight is 217 g/mol. The maximum absolute atomic E-state index is 11.0. The summed E-state index contributed by atoms with van der Waals surface area (Å²) in [5.41, 5.74) is 2.46. The highest BCUT2D eigenvalue weighted by Gasteiger charge is 2.22. The van der Waals surface area contributed by atoms with E-state index in [1.807, 2.05) is 0 Å². The molecule has 6 nitrogen and oxygen atoms in total. The van der Waals surface area contributed by atoms with E-state index in [2.05, 4.69) is 5.43 Å². The third-order valence-electron chi connectivity index (χ3n) is 1.87. The fraction of sp³-hybridized carbons (Fsp3) is 0.714. The van der Waals surface area contributed by atoms with Gasteiger partial charge in [0.1, 0.15) is 6.42 Å². The van der Waals surface area contributed by atoms with Gasteiger partial charge in [0.25, 0.3) is 0 Å². The lowest BCUT2D eigenvalue weighted by atomic mass is 10.4. The van der Waals surface area contributed by atoms with E-state index < -0.39 is 15.7 Å². The molecule has 0 radical (unpaired) electrons. The smallest absolute Gasteiger partial charge is 0.248 e. The molecule has 0 aromatic carbocycles. The lowest BCUT2D eigenvalue weighted by Gasteiger charge is -2.26. The zero-order valence-corrected chi connectivity index (χ0v) is 8.38. The van der Waals surface area contributed by atoms with E-state index in [0.717, 1.165) is 0 Å². The second kappa shape index (κ2) is 4.39. The maximum Gasteiger partial charge on any atom is 0.248 e. The molecule has 1 amide bonds. The van der Waals surface area contributed by atoms with Crippen LogP contribution in [0.25, 0.3) is 0 Å². The molecular formula is C7H11N3O3S. The van der Waals surface area contributed by atoms with Crippen molar-refractivity contribution in [3.8, 4) is 6.07 Å². The van der Waals surface area contributed by atoms with Gasteiger partial charge in [-0.3, -0.25) is 10.2 Å². The Bertz CT molecular complexity index is 343. The van der Waals surface area contributed by atoms with Crippen LogP contribution in [0.3, 0.4) is 0 Å². The Kier molecular flexibility index (Phi) is 3.43. The van der Waals surface area contributed by atoms with E-state index in [4.69, 9.17) is 5.26 Å². The highest BCUT2D eigenvalue weighted by Crippen LogP contribution is 2.00. The summed E-state index contributed by atoms with van der Waals surface area (Å²) in [6.45, 7) is 0.582. The number of nitrogens with one attached hydrogen (secondary N) is 1. The average Bonchev–Trinajstić information content (AvgIpc) is 2.09. The number of hydrogen-bond acceptors (Lipinski definition) is 5. The molecule has 0 aromatic heterocycles. The molecule has 1 N–H and O–H groups in total. The molecule has 7 heteroatoms. The Morgan fingerprint density at radius 3 is 2.50 bits per heavy atom. The second-order valence-corrected chi connectivity index (χ2v) is 5.31. The SMILES string of the molecule is N#CCC(=O)NN1CCS(=O)(=O)CC1. The Morgan fingerprint density at radius 1 is 1.43 bits per heavy atom. The summed E-state index contributed by atoms with van der Waals surface area (Å²) in [4.78, 5) is 10.9. The minimum Gasteiger partial charge on any atom is -0.288 e. The van der Waals surface area contributed by atoms with Gasteiger partial charge in [-0.2, -0.15) is 5.26 Å². The zero-order valence-electron chi connectivity index (χ0n) is 7.56. The van der Waals surface area contributed by atoms with Crippen LogP contribution in [0, 0.1) is 11.3 Å². The van der Waals surface area contributed by atoms with Crippen molar-refractivity contribution in [1.82, 2.24) is 10.4 Å². The summed E-state index contributed by atoms with van der Waals surface area (Å²) in [5.74, 6) is -0.286. The Labute approximate surface area is 82.4 Å². The number of hydrazine groups is 1. The van der Waals surface area contributed by atoms with E-state index in [1.165, 1.54) is 5.01 Å². The predicted octanol–water partition coefficient (Wildman–Crippen LogP) is -1.34. The summed E-state index contributed by atoms with van der Waals surface area (Å²) < 4.78 is 22.0. The number of carbonyl (C=O) groups is 1. The number of hydrogen-bond donors (Lipinski definition) is 1. The molecule has 14 heavy (non-hydrogen) atoms. The molecule has 0 spiro atoms. The molecule has 1 aliphatic heterocycles. The number of nitriles is 1. The Morgan fingerprint density at radius 2 is 2.00 bits per heavy atom. The van der Waals surface area contributed by atoms with Crippen LogP contribution in [0.1, 0.15) is 6.42 Å². The van der Waals surface area contributed by atoms with Crippen molar-refractivity contribution in [2.24, 2.45) is 0 Å². The number of carbonyl (C=O) groups excluding carboxylic acids is 1. The van der Waals surface area contributed by atoms with Crippen LogP contribution >= 0.6 is 0 Å². The number of sulfone groups is 1. The largest absolute Gasteiger partial charge is 0.288 e. The van der Waals surface area contributed by atoms with Crippen LogP contribution in [0.5, 0.6) is 0 Å². The molecule has 0 unspecified atom stereocenters. The van der Waals surface area contributed by atoms with Crippen LogP contribution in [0.4, 0.5) is 0 Å². The van der Waals surface area contributed by atoms with E-state index in [9.17, 15) is 13.2 Å². The van der Waals surface area contributed by atoms with Crippen molar-refractivity contribution in [3.05, 3.63) is 0 Å². The van der Waals surface area contributed by atoms with Crippen molar-refractivity contribution < 1.29 is 13.2 Å². The van der Waals surface area contributed by atoms with E-state index in [0.29, 0.717) is 13.1 Å². The fourth-order valence-corrected chi connectivity index (χ4v) is 2.31. The van der Waals surface area contributed by atoms with Gasteiger partial charge in [0.05, 0.1) is 17.6 Å². The number of rotatable bonds is 2. The highest BCUT2D eigenvalue weighted by molar-refractivity contribution is 7.91. The summed E-state index contributed by atoms with van der Waals surface area (Å²) in [6, 6.07) is 1.72. The predicted molar refractivity (Wildman–Crippen MR) is 48.6 cm³/mol. The van der Waals surface area contributed by atoms with Crippen molar-refractivity contribution in [1.29, 1.82) is 5.26 Å². The van der Waals surface area contributed by atoms with Gasteiger partial charge in [0.2, 0.25) is 5.91 Å². The summed E-state index contributed by atoms with van der Waals surface area (Å²) >= 11 is 0. The summed E-state index contributed by atoms with van der Waals surface area (Å²) in [6.07, 6.45) is -0.205. The molecule has 1 heterocycles. The quantitative estimate of drug-likeness (QED) is 0.618. The third kappa shape index (κ3) is 3.32. The van der Waals surface area contributed by atoms with Crippen molar-refractivity contribution in [3.63, 3.8) is 0 Å². The van der Waals surface area contributed by atoms with Gasteiger partial charge in [-0.05, 0) is 0 Å².